The summed E-state index contributed by atoms with van der Waals surface area (Å²) in [5, 5.41) is 3.06. The first-order chi connectivity index (χ1) is 23.1. The van der Waals surface area contributed by atoms with Crippen molar-refractivity contribution < 1.29 is 32.2 Å². The molecule has 12 nitrogen and oxygen atoms in total. The first kappa shape index (κ1) is 39.0. The Morgan fingerprint density at radius 1 is 0.860 bits per heavy atom. The molecule has 1 unspecified atom stereocenters. The molecule has 1 atom stereocenters. The lowest BCUT2D eigenvalue weighted by Crippen LogP contribution is -2.59. The van der Waals surface area contributed by atoms with E-state index in [2.05, 4.69) is 22.2 Å². The summed E-state index contributed by atoms with van der Waals surface area (Å²) in [5.41, 5.74) is -1.33. The number of amides is 3. The fourth-order valence-electron chi connectivity index (χ4n) is 7.03. The quantitative estimate of drug-likeness (QED) is 0.341. The molecule has 3 aliphatic heterocycles. The minimum atomic E-state index is -4.55. The molecule has 0 spiro atoms. The standard InChI is InChI=1S/C35H43N5O7S.2ClH/c1-5-47-30-11-7-6-10-27(30)35(36-34(42)39-18-16-25(17-19-39)38-22-20-37(2)21-23-38)28-24-26(45-3)14-15-29(28)40(33(35)41)48(43,44)32-13-9-8-12-31(32)46-4;;/h6-15,24-25H,5,16-23H2,1-4H3,(H,36,42);2*1H. The van der Waals surface area contributed by atoms with Crippen LogP contribution in [0.2, 0.25) is 0 Å². The third-order valence-electron chi connectivity index (χ3n) is 9.61. The van der Waals surface area contributed by atoms with Crippen LogP contribution in [-0.4, -0.2) is 108 Å². The molecule has 50 heavy (non-hydrogen) atoms. The van der Waals surface area contributed by atoms with Gasteiger partial charge in [-0.3, -0.25) is 9.69 Å². The molecule has 1 N–H and O–H groups in total. The van der Waals surface area contributed by atoms with Crippen LogP contribution in [0.1, 0.15) is 30.9 Å². The number of hydrogen-bond acceptors (Lipinski definition) is 9. The Balaban J connectivity index is 0.00000281. The number of halogens is 2. The van der Waals surface area contributed by atoms with E-state index >= 15 is 4.79 Å². The molecule has 3 heterocycles. The van der Waals surface area contributed by atoms with E-state index in [1.54, 1.807) is 53.4 Å². The zero-order valence-electron chi connectivity index (χ0n) is 28.7. The molecule has 2 saturated heterocycles. The van der Waals surface area contributed by atoms with Crippen molar-refractivity contribution in [2.45, 2.75) is 36.2 Å². The summed E-state index contributed by atoms with van der Waals surface area (Å²) in [5.74, 6) is -0.0596. The minimum absolute atomic E-state index is 0. The van der Waals surface area contributed by atoms with Gasteiger partial charge in [0, 0.05) is 56.4 Å². The number of rotatable bonds is 9. The van der Waals surface area contributed by atoms with Crippen molar-refractivity contribution in [3.05, 3.63) is 77.9 Å². The second-order valence-corrected chi connectivity index (χ2v) is 14.0. The van der Waals surface area contributed by atoms with E-state index in [1.807, 2.05) is 6.92 Å². The molecule has 6 rings (SSSR count). The van der Waals surface area contributed by atoms with Gasteiger partial charge in [-0.05, 0) is 63.2 Å². The van der Waals surface area contributed by atoms with Crippen LogP contribution in [0.4, 0.5) is 10.5 Å². The monoisotopic (exact) mass is 749 g/mol. The lowest BCUT2D eigenvalue weighted by atomic mass is 9.83. The number of hydrogen-bond donors (Lipinski definition) is 1. The number of urea groups is 1. The summed E-state index contributed by atoms with van der Waals surface area (Å²) in [6, 6.07) is 17.6. The normalized spacial score (nSPS) is 20.0. The van der Waals surface area contributed by atoms with Gasteiger partial charge >= 0.3 is 6.03 Å². The van der Waals surface area contributed by atoms with Crippen molar-refractivity contribution >= 4 is 52.5 Å². The molecule has 0 bridgehead atoms. The molecule has 3 aliphatic rings. The Morgan fingerprint density at radius 2 is 1.50 bits per heavy atom. The number of sulfonamides is 1. The number of para-hydroxylation sites is 2. The number of fused-ring (bicyclic) bond motifs is 1. The molecule has 2 fully saturated rings. The van der Waals surface area contributed by atoms with E-state index in [4.69, 9.17) is 14.2 Å². The maximum Gasteiger partial charge on any atom is 0.318 e. The number of benzene rings is 3. The fraction of sp³-hybridized carbons (Fsp3) is 0.429. The Kier molecular flexibility index (Phi) is 12.5. The highest BCUT2D eigenvalue weighted by atomic mass is 35.5. The Hall–Kier alpha value is -3.75. The van der Waals surface area contributed by atoms with E-state index in [9.17, 15) is 13.2 Å². The summed E-state index contributed by atoms with van der Waals surface area (Å²) in [7, 11) is 0.437. The van der Waals surface area contributed by atoms with Crippen molar-refractivity contribution in [3.8, 4) is 17.2 Å². The molecule has 3 amide bonds. The maximum absolute atomic E-state index is 15.1. The van der Waals surface area contributed by atoms with Crippen LogP contribution in [0.3, 0.4) is 0 Å². The Bertz CT molecular complexity index is 1780. The van der Waals surface area contributed by atoms with Gasteiger partial charge in [-0.25, -0.2) is 13.2 Å². The van der Waals surface area contributed by atoms with Crippen molar-refractivity contribution in [1.29, 1.82) is 0 Å². The van der Waals surface area contributed by atoms with Crippen LogP contribution < -0.4 is 23.8 Å². The van der Waals surface area contributed by atoms with Crippen LogP contribution in [0, 0.1) is 0 Å². The number of nitrogens with zero attached hydrogens (tertiary/aromatic N) is 4. The molecular weight excluding hydrogens is 705 g/mol. The maximum atomic E-state index is 15.1. The Labute approximate surface area is 306 Å². The second kappa shape index (κ2) is 16.1. The summed E-state index contributed by atoms with van der Waals surface area (Å²) in [6.45, 7) is 7.11. The SMILES string of the molecule is CCOc1ccccc1C1(NC(=O)N2CCC(N3CCN(C)CC3)CC2)C(=O)N(S(=O)(=O)c2ccccc2OC)c2ccc(OC)cc21.Cl.Cl. The smallest absolute Gasteiger partial charge is 0.318 e. The van der Waals surface area contributed by atoms with E-state index in [0.29, 0.717) is 36.2 Å². The summed E-state index contributed by atoms with van der Waals surface area (Å²) in [4.78, 5) is 35.8. The number of likely N-dealkylation sites (N-methyl/N-ethyl adjacent to an activating group) is 1. The van der Waals surface area contributed by atoms with Crippen LogP contribution in [0.15, 0.2) is 71.6 Å². The van der Waals surface area contributed by atoms with E-state index in [1.165, 1.54) is 32.4 Å². The zero-order valence-corrected chi connectivity index (χ0v) is 31.1. The van der Waals surface area contributed by atoms with Gasteiger partial charge in [0.25, 0.3) is 15.9 Å². The van der Waals surface area contributed by atoms with Gasteiger partial charge in [-0.15, -0.1) is 24.8 Å². The molecule has 0 aliphatic carbocycles. The van der Waals surface area contributed by atoms with E-state index in [-0.39, 0.29) is 53.3 Å². The van der Waals surface area contributed by atoms with Crippen LogP contribution in [0.25, 0.3) is 0 Å². The third kappa shape index (κ3) is 6.93. The highest BCUT2D eigenvalue weighted by Gasteiger charge is 2.59. The molecule has 3 aromatic carbocycles. The van der Waals surface area contributed by atoms with Crippen LogP contribution >= 0.6 is 24.8 Å². The number of carbonyl (C=O) groups is 2. The number of carbonyl (C=O) groups excluding carboxylic acids is 2. The van der Waals surface area contributed by atoms with Crippen LogP contribution in [-0.2, 0) is 20.4 Å². The number of anilines is 1. The number of likely N-dealkylation sites (tertiary alicyclic amines) is 1. The van der Waals surface area contributed by atoms with Crippen molar-refractivity contribution in [1.82, 2.24) is 20.0 Å². The van der Waals surface area contributed by atoms with Crippen LogP contribution in [0.5, 0.6) is 17.2 Å². The van der Waals surface area contributed by atoms with E-state index < -0.39 is 27.5 Å². The number of nitrogens with one attached hydrogen (secondary N) is 1. The first-order valence-corrected chi connectivity index (χ1v) is 17.7. The lowest BCUT2D eigenvalue weighted by molar-refractivity contribution is -0.121. The number of piperidine rings is 1. The van der Waals surface area contributed by atoms with Gasteiger partial charge in [-0.2, -0.15) is 4.31 Å². The molecule has 0 aromatic heterocycles. The van der Waals surface area contributed by atoms with Gasteiger partial charge in [0.15, 0.2) is 5.54 Å². The summed E-state index contributed by atoms with van der Waals surface area (Å²) in [6.07, 6.45) is 1.60. The number of methoxy groups -OCH3 is 2. The predicted octanol–water partition coefficient (Wildman–Crippen LogP) is 4.35. The molecule has 15 heteroatoms. The average Bonchev–Trinajstić information content (AvgIpc) is 3.36. The number of ether oxygens (including phenoxy) is 3. The zero-order chi connectivity index (χ0) is 34.1. The van der Waals surface area contributed by atoms with Gasteiger partial charge < -0.3 is 29.3 Å². The van der Waals surface area contributed by atoms with Gasteiger partial charge in [0.05, 0.1) is 26.5 Å². The second-order valence-electron chi connectivity index (χ2n) is 12.3. The minimum Gasteiger partial charge on any atom is -0.497 e. The first-order valence-electron chi connectivity index (χ1n) is 16.3. The molecule has 272 valence electrons. The van der Waals surface area contributed by atoms with Gasteiger partial charge in [0.1, 0.15) is 22.1 Å². The summed E-state index contributed by atoms with van der Waals surface area (Å²) < 4.78 is 46.7. The fourth-order valence-corrected chi connectivity index (χ4v) is 8.66. The Morgan fingerprint density at radius 3 is 2.14 bits per heavy atom. The highest BCUT2D eigenvalue weighted by molar-refractivity contribution is 7.93. The average molecular weight is 751 g/mol. The molecular formula is C35H45Cl2N5O7S. The van der Waals surface area contributed by atoms with Gasteiger partial charge in [0.2, 0.25) is 0 Å². The van der Waals surface area contributed by atoms with E-state index in [0.717, 1.165) is 43.3 Å². The van der Waals surface area contributed by atoms with Crippen molar-refractivity contribution in [2.75, 3.05) is 71.4 Å². The molecule has 3 aromatic rings. The highest BCUT2D eigenvalue weighted by Crippen LogP contribution is 2.50. The van der Waals surface area contributed by atoms with Gasteiger partial charge in [-0.1, -0.05) is 30.3 Å². The molecule has 0 saturated carbocycles. The predicted molar refractivity (Wildman–Crippen MR) is 196 cm³/mol. The summed E-state index contributed by atoms with van der Waals surface area (Å²) >= 11 is 0. The van der Waals surface area contributed by atoms with Crippen molar-refractivity contribution in [2.24, 2.45) is 0 Å². The number of piperazine rings is 1. The largest absolute Gasteiger partial charge is 0.497 e. The lowest BCUT2D eigenvalue weighted by Gasteiger charge is -2.42. The molecule has 0 radical (unpaired) electrons. The third-order valence-corrected chi connectivity index (χ3v) is 11.3. The van der Waals surface area contributed by atoms with Crippen molar-refractivity contribution in [3.63, 3.8) is 0 Å². The topological polar surface area (TPSA) is 121 Å².